The minimum atomic E-state index is 0.0367. The molecule has 0 unspecified atom stereocenters. The smallest absolute Gasteiger partial charge is 0.165 e. The molecule has 1 fully saturated rings. The van der Waals surface area contributed by atoms with Crippen molar-refractivity contribution in [2.24, 2.45) is 5.73 Å². The number of hydrogen-bond acceptors (Lipinski definition) is 4. The van der Waals surface area contributed by atoms with Gasteiger partial charge in [-0.25, -0.2) is 0 Å². The molecule has 0 saturated heterocycles. The maximum atomic E-state index is 6.01. The molecule has 0 radical (unpaired) electrons. The highest BCUT2D eigenvalue weighted by Crippen LogP contribution is 2.49. The molecule has 2 rings (SSSR count). The molecule has 0 amide bonds. The molecule has 0 spiro atoms. The molecule has 112 valence electrons. The summed E-state index contributed by atoms with van der Waals surface area (Å²) < 4.78 is 16.8. The summed E-state index contributed by atoms with van der Waals surface area (Å²) in [4.78, 5) is 0. The van der Waals surface area contributed by atoms with E-state index in [1.54, 1.807) is 14.2 Å². The fourth-order valence-corrected chi connectivity index (χ4v) is 2.82. The van der Waals surface area contributed by atoms with E-state index in [0.717, 1.165) is 35.7 Å². The van der Waals surface area contributed by atoms with Crippen molar-refractivity contribution in [3.8, 4) is 17.2 Å². The van der Waals surface area contributed by atoms with Crippen molar-refractivity contribution in [2.75, 3.05) is 20.8 Å². The van der Waals surface area contributed by atoms with Crippen LogP contribution in [0.2, 0.25) is 0 Å². The summed E-state index contributed by atoms with van der Waals surface area (Å²) in [6.07, 6.45) is 3.51. The lowest BCUT2D eigenvalue weighted by atomic mass is 9.64. The van der Waals surface area contributed by atoms with Crippen LogP contribution in [0.5, 0.6) is 17.2 Å². The van der Waals surface area contributed by atoms with Crippen molar-refractivity contribution in [1.82, 2.24) is 0 Å². The van der Waals surface area contributed by atoms with Crippen LogP contribution >= 0.6 is 0 Å². The lowest BCUT2D eigenvalue weighted by Gasteiger charge is -2.42. The van der Waals surface area contributed by atoms with E-state index in [1.807, 2.05) is 26.0 Å². The van der Waals surface area contributed by atoms with Crippen LogP contribution in [0.25, 0.3) is 0 Å². The molecule has 0 aromatic heterocycles. The molecule has 20 heavy (non-hydrogen) atoms. The number of hydrogen-bond donors (Lipinski definition) is 1. The topological polar surface area (TPSA) is 53.7 Å². The Morgan fingerprint density at radius 2 is 1.75 bits per heavy atom. The Hall–Kier alpha value is -1.42. The minimum absolute atomic E-state index is 0.0367. The normalized spacial score (nSPS) is 16.7. The average Bonchev–Trinajstić information content (AvgIpc) is 2.38. The van der Waals surface area contributed by atoms with Gasteiger partial charge in [0.1, 0.15) is 5.75 Å². The Labute approximate surface area is 121 Å². The zero-order valence-electron chi connectivity index (χ0n) is 12.9. The molecule has 1 aliphatic rings. The van der Waals surface area contributed by atoms with E-state index in [4.69, 9.17) is 19.9 Å². The Kier molecular flexibility index (Phi) is 4.43. The van der Waals surface area contributed by atoms with Gasteiger partial charge in [0.05, 0.1) is 20.3 Å². The van der Waals surface area contributed by atoms with Crippen LogP contribution in [0.4, 0.5) is 0 Å². The zero-order chi connectivity index (χ0) is 14.8. The summed E-state index contributed by atoms with van der Waals surface area (Å²) in [5, 5.41) is 0. The first-order valence-corrected chi connectivity index (χ1v) is 7.19. The largest absolute Gasteiger partial charge is 0.496 e. The third-order valence-electron chi connectivity index (χ3n) is 4.12. The number of benzene rings is 1. The maximum absolute atomic E-state index is 6.01. The van der Waals surface area contributed by atoms with Crippen molar-refractivity contribution in [2.45, 2.75) is 44.6 Å². The van der Waals surface area contributed by atoms with Crippen molar-refractivity contribution >= 4 is 0 Å². The molecule has 4 heteroatoms. The van der Waals surface area contributed by atoms with Gasteiger partial charge >= 0.3 is 0 Å². The number of rotatable bonds is 6. The predicted molar refractivity (Wildman–Crippen MR) is 79.9 cm³/mol. The lowest BCUT2D eigenvalue weighted by molar-refractivity contribution is 0.222. The van der Waals surface area contributed by atoms with E-state index in [1.165, 1.54) is 6.42 Å². The van der Waals surface area contributed by atoms with Gasteiger partial charge in [-0.3, -0.25) is 0 Å². The summed E-state index contributed by atoms with van der Waals surface area (Å²) in [5.41, 5.74) is 7.18. The second kappa shape index (κ2) is 5.92. The van der Waals surface area contributed by atoms with Crippen molar-refractivity contribution in [1.29, 1.82) is 0 Å². The molecule has 2 N–H and O–H groups in total. The molecule has 0 bridgehead atoms. The fraction of sp³-hybridized carbons (Fsp3) is 0.625. The van der Waals surface area contributed by atoms with E-state index in [-0.39, 0.29) is 11.5 Å². The van der Waals surface area contributed by atoms with E-state index in [9.17, 15) is 0 Å². The molecule has 0 atom stereocenters. The number of nitrogens with two attached hydrogens (primary N) is 1. The van der Waals surface area contributed by atoms with Crippen LogP contribution in [-0.2, 0) is 5.41 Å². The first kappa shape index (κ1) is 15.0. The second-order valence-corrected chi connectivity index (χ2v) is 5.71. The standard InChI is InChI=1S/C16H25NO3/c1-11(2)20-15-9-13(18-3)12(8-14(15)19-4)16(10-17)6-5-7-16/h8-9,11H,5-7,10,17H2,1-4H3. The fourth-order valence-electron chi connectivity index (χ4n) is 2.82. The van der Waals surface area contributed by atoms with Crippen LogP contribution in [0.3, 0.4) is 0 Å². The first-order chi connectivity index (χ1) is 9.56. The lowest BCUT2D eigenvalue weighted by Crippen LogP contribution is -2.41. The monoisotopic (exact) mass is 279 g/mol. The molecular formula is C16H25NO3. The number of ether oxygens (including phenoxy) is 3. The van der Waals surface area contributed by atoms with Crippen LogP contribution < -0.4 is 19.9 Å². The molecule has 1 saturated carbocycles. The quantitative estimate of drug-likeness (QED) is 0.870. The Bertz CT molecular complexity index is 462. The van der Waals surface area contributed by atoms with Gasteiger partial charge in [-0.1, -0.05) is 6.42 Å². The summed E-state index contributed by atoms with van der Waals surface area (Å²) in [6.45, 7) is 4.62. The van der Waals surface area contributed by atoms with Crippen LogP contribution in [-0.4, -0.2) is 26.9 Å². The van der Waals surface area contributed by atoms with Crippen LogP contribution in [0.15, 0.2) is 12.1 Å². The van der Waals surface area contributed by atoms with Crippen molar-refractivity contribution in [3.05, 3.63) is 17.7 Å². The molecule has 4 nitrogen and oxygen atoms in total. The molecule has 1 aliphatic carbocycles. The van der Waals surface area contributed by atoms with Crippen molar-refractivity contribution < 1.29 is 14.2 Å². The van der Waals surface area contributed by atoms with E-state index >= 15 is 0 Å². The minimum Gasteiger partial charge on any atom is -0.496 e. The summed E-state index contributed by atoms with van der Waals surface area (Å²) in [6, 6.07) is 3.95. The molecule has 0 heterocycles. The molecule has 1 aromatic rings. The predicted octanol–water partition coefficient (Wildman–Crippen LogP) is 2.87. The summed E-state index contributed by atoms with van der Waals surface area (Å²) >= 11 is 0. The van der Waals surface area contributed by atoms with Gasteiger partial charge in [0, 0.05) is 23.6 Å². The summed E-state index contributed by atoms with van der Waals surface area (Å²) in [5.74, 6) is 2.30. The summed E-state index contributed by atoms with van der Waals surface area (Å²) in [7, 11) is 3.35. The van der Waals surface area contributed by atoms with E-state index in [2.05, 4.69) is 0 Å². The van der Waals surface area contributed by atoms with Crippen molar-refractivity contribution in [3.63, 3.8) is 0 Å². The second-order valence-electron chi connectivity index (χ2n) is 5.71. The molecule has 1 aromatic carbocycles. The highest BCUT2D eigenvalue weighted by Gasteiger charge is 2.40. The first-order valence-electron chi connectivity index (χ1n) is 7.19. The van der Waals surface area contributed by atoms with Gasteiger partial charge in [0.25, 0.3) is 0 Å². The van der Waals surface area contributed by atoms with E-state index < -0.39 is 0 Å². The Morgan fingerprint density at radius 3 is 2.15 bits per heavy atom. The zero-order valence-corrected chi connectivity index (χ0v) is 12.9. The van der Waals surface area contributed by atoms with Gasteiger partial charge < -0.3 is 19.9 Å². The third kappa shape index (κ3) is 2.57. The molecular weight excluding hydrogens is 254 g/mol. The van der Waals surface area contributed by atoms with Gasteiger partial charge in [0.2, 0.25) is 0 Å². The maximum Gasteiger partial charge on any atom is 0.165 e. The Morgan fingerprint density at radius 1 is 1.10 bits per heavy atom. The number of methoxy groups -OCH3 is 2. The van der Waals surface area contributed by atoms with Gasteiger partial charge in [0.15, 0.2) is 11.5 Å². The van der Waals surface area contributed by atoms with Crippen LogP contribution in [0.1, 0.15) is 38.7 Å². The Balaban J connectivity index is 2.47. The highest BCUT2D eigenvalue weighted by molar-refractivity contribution is 5.54. The van der Waals surface area contributed by atoms with Gasteiger partial charge in [-0.15, -0.1) is 0 Å². The van der Waals surface area contributed by atoms with Gasteiger partial charge in [-0.05, 0) is 32.8 Å². The average molecular weight is 279 g/mol. The molecule has 0 aliphatic heterocycles. The van der Waals surface area contributed by atoms with Crippen LogP contribution in [0, 0.1) is 0 Å². The SMILES string of the molecule is COc1cc(C2(CN)CCC2)c(OC)cc1OC(C)C. The third-order valence-corrected chi connectivity index (χ3v) is 4.12. The van der Waals surface area contributed by atoms with E-state index in [0.29, 0.717) is 6.54 Å². The van der Waals surface area contributed by atoms with Gasteiger partial charge in [-0.2, -0.15) is 0 Å². The highest BCUT2D eigenvalue weighted by atomic mass is 16.5.